The lowest BCUT2D eigenvalue weighted by Gasteiger charge is -2.13. The quantitative estimate of drug-likeness (QED) is 0.267. The van der Waals surface area contributed by atoms with Crippen LogP contribution in [-0.2, 0) is 6.54 Å². The number of thioether (sulfide) groups is 1. The van der Waals surface area contributed by atoms with Crippen molar-refractivity contribution in [2.75, 3.05) is 13.0 Å². The highest BCUT2D eigenvalue weighted by Gasteiger charge is 2.04. The molecule has 0 aliphatic rings. The van der Waals surface area contributed by atoms with Gasteiger partial charge < -0.3 is 15.4 Å². The number of carbonyl (C=O) groups excluding carboxylic acids is 1. The van der Waals surface area contributed by atoms with Crippen LogP contribution in [0.1, 0.15) is 29.8 Å². The van der Waals surface area contributed by atoms with Crippen LogP contribution in [0.2, 0.25) is 0 Å². The van der Waals surface area contributed by atoms with Crippen LogP contribution in [0.5, 0.6) is 5.75 Å². The van der Waals surface area contributed by atoms with Gasteiger partial charge in [-0.05, 0) is 42.6 Å². The van der Waals surface area contributed by atoms with Crippen LogP contribution in [0.4, 0.5) is 5.69 Å². The number of rotatable bonds is 10. The first-order valence-electron chi connectivity index (χ1n) is 8.64. The molecule has 0 bridgehead atoms. The third-order valence-electron chi connectivity index (χ3n) is 3.47. The Balaban J connectivity index is 0.00000176. The monoisotopic (exact) mass is 385 g/mol. The highest BCUT2D eigenvalue weighted by atomic mass is 32.2. The van der Waals surface area contributed by atoms with Crippen molar-refractivity contribution >= 4 is 30.5 Å². The van der Waals surface area contributed by atoms with Crippen LogP contribution in [0.3, 0.4) is 0 Å². The summed E-state index contributed by atoms with van der Waals surface area (Å²) in [7, 11) is 1.65. The van der Waals surface area contributed by atoms with Crippen molar-refractivity contribution < 1.29 is 9.53 Å². The van der Waals surface area contributed by atoms with E-state index in [1.54, 1.807) is 25.3 Å². The standard InChI is InChI=1S/C19H21N3O2S.C2H6/c1-14(21-11-15-4-7-17(24-3)8-5-15)22-13-25-19-10-16(12-23)6-9-18(19)20-2;1-2/h4-10,12,21-22H,1-2,11,13H2,3H3;1-2H3. The first-order valence-corrected chi connectivity index (χ1v) is 9.63. The Morgan fingerprint density at radius 2 is 1.89 bits per heavy atom. The normalized spacial score (nSPS) is 9.44. The first kappa shape index (κ1) is 22.3. The molecular weight excluding hydrogens is 358 g/mol. The molecule has 0 amide bonds. The molecule has 144 valence electrons. The topological polar surface area (TPSA) is 62.7 Å². The molecule has 0 aliphatic carbocycles. The van der Waals surface area contributed by atoms with Gasteiger partial charge in [0.15, 0.2) is 0 Å². The smallest absolute Gasteiger partial charge is 0.150 e. The number of hydrogen-bond acceptors (Lipinski definition) is 6. The molecule has 5 nitrogen and oxygen atoms in total. The number of ether oxygens (including phenoxy) is 1. The van der Waals surface area contributed by atoms with Crippen LogP contribution in [-0.4, -0.2) is 26.0 Å². The molecule has 6 heteroatoms. The fourth-order valence-corrected chi connectivity index (χ4v) is 2.97. The van der Waals surface area contributed by atoms with Crippen LogP contribution >= 0.6 is 11.8 Å². The molecule has 0 saturated carbocycles. The molecule has 0 fully saturated rings. The van der Waals surface area contributed by atoms with Crippen LogP contribution in [0.25, 0.3) is 0 Å². The summed E-state index contributed by atoms with van der Waals surface area (Å²) in [6.07, 6.45) is 0.819. The first-order chi connectivity index (χ1) is 13.2. The molecule has 0 spiro atoms. The molecule has 27 heavy (non-hydrogen) atoms. The summed E-state index contributed by atoms with van der Waals surface area (Å²) in [6, 6.07) is 13.2. The number of aldehydes is 1. The summed E-state index contributed by atoms with van der Waals surface area (Å²) >= 11 is 1.53. The fraction of sp³-hybridized carbons (Fsp3) is 0.238. The summed E-state index contributed by atoms with van der Waals surface area (Å²) in [5.41, 5.74) is 2.51. The molecule has 0 aromatic heterocycles. The van der Waals surface area contributed by atoms with Gasteiger partial charge >= 0.3 is 0 Å². The van der Waals surface area contributed by atoms with Crippen molar-refractivity contribution in [1.82, 2.24) is 10.6 Å². The number of carbonyl (C=O) groups is 1. The number of nitrogens with one attached hydrogen (secondary N) is 2. The maximum absolute atomic E-state index is 10.9. The lowest BCUT2D eigenvalue weighted by molar-refractivity contribution is 0.112. The van der Waals surface area contributed by atoms with Crippen molar-refractivity contribution in [2.45, 2.75) is 25.3 Å². The number of hydrogen-bond donors (Lipinski definition) is 2. The lowest BCUT2D eigenvalue weighted by Crippen LogP contribution is -2.24. The molecule has 0 heterocycles. The van der Waals surface area contributed by atoms with Crippen LogP contribution < -0.4 is 15.4 Å². The number of benzene rings is 2. The maximum Gasteiger partial charge on any atom is 0.150 e. The van der Waals surface area contributed by atoms with Crippen molar-refractivity contribution in [1.29, 1.82) is 0 Å². The Kier molecular flexibility index (Phi) is 10.4. The van der Waals surface area contributed by atoms with Gasteiger partial charge in [-0.15, -0.1) is 11.8 Å². The van der Waals surface area contributed by atoms with E-state index in [2.05, 4.69) is 28.9 Å². The minimum Gasteiger partial charge on any atom is -0.497 e. The highest BCUT2D eigenvalue weighted by molar-refractivity contribution is 7.99. The number of aliphatic imine (C=N–C) groups is 1. The van der Waals surface area contributed by atoms with Crippen molar-refractivity contribution in [3.8, 4) is 5.75 Å². The van der Waals surface area contributed by atoms with E-state index in [1.807, 2.05) is 38.1 Å². The van der Waals surface area contributed by atoms with E-state index in [0.29, 0.717) is 18.0 Å². The molecule has 0 unspecified atom stereocenters. The van der Waals surface area contributed by atoms with Gasteiger partial charge in [0, 0.05) is 17.0 Å². The summed E-state index contributed by atoms with van der Waals surface area (Å²) in [4.78, 5) is 15.8. The summed E-state index contributed by atoms with van der Waals surface area (Å²) in [5.74, 6) is 2.16. The van der Waals surface area contributed by atoms with E-state index in [1.165, 1.54) is 11.8 Å². The van der Waals surface area contributed by atoms with E-state index >= 15 is 0 Å². The average molecular weight is 386 g/mol. The second-order valence-corrected chi connectivity index (χ2v) is 6.17. The van der Waals surface area contributed by atoms with Crippen molar-refractivity contribution in [2.24, 2.45) is 4.99 Å². The summed E-state index contributed by atoms with van der Waals surface area (Å²) < 4.78 is 5.14. The molecule has 0 atom stereocenters. The minimum absolute atomic E-state index is 0.597. The highest BCUT2D eigenvalue weighted by Crippen LogP contribution is 2.29. The van der Waals surface area contributed by atoms with Crippen LogP contribution in [0, 0.1) is 0 Å². The molecule has 0 aliphatic heterocycles. The summed E-state index contributed by atoms with van der Waals surface area (Å²) in [6.45, 7) is 12.2. The van der Waals surface area contributed by atoms with Crippen molar-refractivity contribution in [3.63, 3.8) is 0 Å². The van der Waals surface area contributed by atoms with E-state index in [-0.39, 0.29) is 0 Å². The molecular formula is C21H27N3O2S. The fourth-order valence-electron chi connectivity index (χ4n) is 2.07. The second-order valence-electron chi connectivity index (χ2n) is 5.15. The molecule has 0 radical (unpaired) electrons. The van der Waals surface area contributed by atoms with Gasteiger partial charge in [-0.25, -0.2) is 0 Å². The van der Waals surface area contributed by atoms with E-state index in [0.717, 1.165) is 34.0 Å². The number of nitrogens with zero attached hydrogens (tertiary/aromatic N) is 1. The second kappa shape index (κ2) is 12.6. The Morgan fingerprint density at radius 3 is 2.48 bits per heavy atom. The third-order valence-corrected chi connectivity index (χ3v) is 4.40. The third kappa shape index (κ3) is 7.58. The summed E-state index contributed by atoms with van der Waals surface area (Å²) in [5, 5.41) is 6.42. The average Bonchev–Trinajstić information content (AvgIpc) is 2.74. The molecule has 0 saturated heterocycles. The van der Waals surface area contributed by atoms with Gasteiger partial charge in [0.2, 0.25) is 0 Å². The Bertz CT molecular complexity index is 746. The molecule has 2 N–H and O–H groups in total. The Morgan fingerprint density at radius 1 is 1.19 bits per heavy atom. The van der Waals surface area contributed by atoms with Gasteiger partial charge in [-0.1, -0.05) is 32.6 Å². The predicted octanol–water partition coefficient (Wildman–Crippen LogP) is 4.77. The predicted molar refractivity (Wildman–Crippen MR) is 115 cm³/mol. The molecule has 2 aromatic carbocycles. The van der Waals surface area contributed by atoms with Crippen LogP contribution in [0.15, 0.2) is 64.8 Å². The van der Waals surface area contributed by atoms with E-state index < -0.39 is 0 Å². The van der Waals surface area contributed by atoms with Gasteiger partial charge in [0.1, 0.15) is 12.0 Å². The maximum atomic E-state index is 10.9. The van der Waals surface area contributed by atoms with Gasteiger partial charge in [0.25, 0.3) is 0 Å². The minimum atomic E-state index is 0.597. The molecule has 2 aromatic rings. The number of methoxy groups -OCH3 is 1. The zero-order valence-corrected chi connectivity index (χ0v) is 16.9. The largest absolute Gasteiger partial charge is 0.497 e. The van der Waals surface area contributed by atoms with Gasteiger partial charge in [-0.3, -0.25) is 9.79 Å². The zero-order valence-electron chi connectivity index (χ0n) is 16.1. The van der Waals surface area contributed by atoms with E-state index in [4.69, 9.17) is 4.74 Å². The van der Waals surface area contributed by atoms with Gasteiger partial charge in [-0.2, -0.15) is 0 Å². The zero-order chi connectivity index (χ0) is 20.1. The Labute approximate surface area is 165 Å². The van der Waals surface area contributed by atoms with Crippen molar-refractivity contribution in [3.05, 3.63) is 66.0 Å². The van der Waals surface area contributed by atoms with E-state index in [9.17, 15) is 4.79 Å². The van der Waals surface area contributed by atoms with Gasteiger partial charge in [0.05, 0.1) is 24.5 Å². The Hall–Kier alpha value is -2.73. The SMILES string of the molecule is C=Nc1ccc(C=O)cc1SCNC(=C)NCc1ccc(OC)cc1.CC. The lowest BCUT2D eigenvalue weighted by atomic mass is 10.2. The molecule has 2 rings (SSSR count).